The predicted molar refractivity (Wildman–Crippen MR) is 79.6 cm³/mol. The number of benzene rings is 1. The van der Waals surface area contributed by atoms with Gasteiger partial charge in [-0.05, 0) is 31.4 Å². The fourth-order valence-corrected chi connectivity index (χ4v) is 2.74. The van der Waals surface area contributed by atoms with E-state index in [-0.39, 0.29) is 12.5 Å². The molecule has 102 valence electrons. The molecule has 19 heavy (non-hydrogen) atoms. The summed E-state index contributed by atoms with van der Waals surface area (Å²) < 4.78 is 0. The molecule has 0 aliphatic heterocycles. The molecule has 0 aliphatic carbocycles. The summed E-state index contributed by atoms with van der Waals surface area (Å²) in [6.07, 6.45) is 3.74. The van der Waals surface area contributed by atoms with Crippen molar-refractivity contribution in [3.8, 4) is 0 Å². The van der Waals surface area contributed by atoms with E-state index >= 15 is 0 Å². The number of carbonyl (C=O) groups is 1. The third kappa shape index (κ3) is 3.30. The van der Waals surface area contributed by atoms with E-state index in [1.807, 2.05) is 30.7 Å². The molecule has 5 heteroatoms. The Hall–Kier alpha value is -1.46. The van der Waals surface area contributed by atoms with Gasteiger partial charge >= 0.3 is 0 Å². The average Bonchev–Trinajstić information content (AvgIpc) is 2.84. The minimum atomic E-state index is -0.888. The molecule has 2 aromatic rings. The van der Waals surface area contributed by atoms with Gasteiger partial charge in [-0.1, -0.05) is 6.07 Å². The van der Waals surface area contributed by atoms with E-state index in [9.17, 15) is 9.90 Å². The fourth-order valence-electron chi connectivity index (χ4n) is 2.01. The Balaban J connectivity index is 2.10. The van der Waals surface area contributed by atoms with Crippen molar-refractivity contribution in [2.24, 2.45) is 0 Å². The number of thioether (sulfide) groups is 1. The highest BCUT2D eigenvalue weighted by Gasteiger charge is 2.21. The molecule has 1 atom stereocenters. The lowest BCUT2D eigenvalue weighted by Crippen LogP contribution is -2.42. The molecule has 1 aromatic carbocycles. The van der Waals surface area contributed by atoms with Crippen LogP contribution < -0.4 is 5.32 Å². The number of hydrogen-bond acceptors (Lipinski definition) is 3. The Bertz CT molecular complexity index is 578. The van der Waals surface area contributed by atoms with Crippen molar-refractivity contribution in [2.45, 2.75) is 12.5 Å². The first-order chi connectivity index (χ1) is 9.03. The Morgan fingerprint density at radius 1 is 1.47 bits per heavy atom. The number of aromatic amines is 1. The van der Waals surface area contributed by atoms with Crippen LogP contribution in [0.4, 0.5) is 0 Å². The molecule has 1 heterocycles. The van der Waals surface area contributed by atoms with Crippen LogP contribution in [0.5, 0.6) is 0 Å². The molecule has 0 spiro atoms. The SMILES string of the molecule is CSCC(C)(O)CNC(=O)c1cccc2[nH]ccc12. The Morgan fingerprint density at radius 2 is 2.26 bits per heavy atom. The second-order valence-corrected chi connectivity index (χ2v) is 5.72. The topological polar surface area (TPSA) is 65.1 Å². The van der Waals surface area contributed by atoms with Crippen molar-refractivity contribution >= 4 is 28.6 Å². The minimum Gasteiger partial charge on any atom is -0.387 e. The van der Waals surface area contributed by atoms with Gasteiger partial charge in [0.25, 0.3) is 5.91 Å². The van der Waals surface area contributed by atoms with E-state index in [0.717, 1.165) is 10.9 Å². The molecule has 0 saturated carbocycles. The van der Waals surface area contributed by atoms with Gasteiger partial charge in [0.1, 0.15) is 0 Å². The largest absolute Gasteiger partial charge is 0.387 e. The molecule has 1 unspecified atom stereocenters. The van der Waals surface area contributed by atoms with Crippen molar-refractivity contribution < 1.29 is 9.90 Å². The van der Waals surface area contributed by atoms with Crippen molar-refractivity contribution in [3.63, 3.8) is 0 Å². The molecule has 1 amide bonds. The average molecular weight is 278 g/mol. The van der Waals surface area contributed by atoms with Gasteiger partial charge < -0.3 is 15.4 Å². The zero-order valence-electron chi connectivity index (χ0n) is 11.1. The normalized spacial score (nSPS) is 14.3. The summed E-state index contributed by atoms with van der Waals surface area (Å²) in [6, 6.07) is 7.43. The van der Waals surface area contributed by atoms with Gasteiger partial charge in [-0.3, -0.25) is 4.79 Å². The summed E-state index contributed by atoms with van der Waals surface area (Å²) in [5.41, 5.74) is 0.670. The van der Waals surface area contributed by atoms with Crippen LogP contribution in [0.25, 0.3) is 10.9 Å². The van der Waals surface area contributed by atoms with Gasteiger partial charge in [-0.25, -0.2) is 0 Å². The summed E-state index contributed by atoms with van der Waals surface area (Å²) >= 11 is 1.55. The molecule has 4 nitrogen and oxygen atoms in total. The van der Waals surface area contributed by atoms with Crippen LogP contribution >= 0.6 is 11.8 Å². The van der Waals surface area contributed by atoms with Crippen LogP contribution in [-0.2, 0) is 0 Å². The van der Waals surface area contributed by atoms with Gasteiger partial charge in [0, 0.05) is 35.0 Å². The number of rotatable bonds is 5. The molecule has 1 aromatic heterocycles. The smallest absolute Gasteiger partial charge is 0.252 e. The van der Waals surface area contributed by atoms with E-state index in [0.29, 0.717) is 11.3 Å². The molecule has 0 radical (unpaired) electrons. The molecule has 2 rings (SSSR count). The second kappa shape index (κ2) is 5.67. The fraction of sp³-hybridized carbons (Fsp3) is 0.357. The highest BCUT2D eigenvalue weighted by molar-refractivity contribution is 7.98. The number of fused-ring (bicyclic) bond motifs is 1. The van der Waals surface area contributed by atoms with Crippen molar-refractivity contribution in [3.05, 3.63) is 36.0 Å². The lowest BCUT2D eigenvalue weighted by Gasteiger charge is -2.22. The Morgan fingerprint density at radius 3 is 3.00 bits per heavy atom. The quantitative estimate of drug-likeness (QED) is 0.784. The monoisotopic (exact) mass is 278 g/mol. The maximum Gasteiger partial charge on any atom is 0.252 e. The lowest BCUT2D eigenvalue weighted by molar-refractivity contribution is 0.0726. The summed E-state index contributed by atoms with van der Waals surface area (Å²) in [4.78, 5) is 15.2. The lowest BCUT2D eigenvalue weighted by atomic mass is 10.1. The first-order valence-electron chi connectivity index (χ1n) is 6.09. The standard InChI is InChI=1S/C14H18N2O2S/c1-14(18,9-19-2)8-16-13(17)11-4-3-5-12-10(11)6-7-15-12/h3-7,15,18H,8-9H2,1-2H3,(H,16,17). The first kappa shape index (κ1) is 14.0. The maximum atomic E-state index is 12.2. The number of H-pyrrole nitrogens is 1. The number of aromatic nitrogens is 1. The van der Waals surface area contributed by atoms with Crippen LogP contribution in [0.3, 0.4) is 0 Å². The number of hydrogen-bond donors (Lipinski definition) is 3. The van der Waals surface area contributed by atoms with Crippen molar-refractivity contribution in [1.82, 2.24) is 10.3 Å². The van der Waals surface area contributed by atoms with Crippen LogP contribution in [0, 0.1) is 0 Å². The highest BCUT2D eigenvalue weighted by atomic mass is 32.2. The van der Waals surface area contributed by atoms with Gasteiger partial charge in [0.2, 0.25) is 0 Å². The minimum absolute atomic E-state index is 0.161. The van der Waals surface area contributed by atoms with Gasteiger partial charge in [0.15, 0.2) is 0 Å². The molecule has 0 fully saturated rings. The van der Waals surface area contributed by atoms with Crippen LogP contribution in [-0.4, -0.2) is 40.2 Å². The zero-order valence-corrected chi connectivity index (χ0v) is 11.9. The number of aliphatic hydroxyl groups is 1. The summed E-state index contributed by atoms with van der Waals surface area (Å²) in [5.74, 6) is 0.424. The molecular weight excluding hydrogens is 260 g/mol. The molecule has 0 bridgehead atoms. The van der Waals surface area contributed by atoms with Gasteiger partial charge in [0.05, 0.1) is 5.60 Å². The molecular formula is C14H18N2O2S. The van der Waals surface area contributed by atoms with Gasteiger partial charge in [-0.15, -0.1) is 0 Å². The summed E-state index contributed by atoms with van der Waals surface area (Å²) in [6.45, 7) is 1.97. The number of carbonyl (C=O) groups excluding carboxylic acids is 1. The van der Waals surface area contributed by atoms with Crippen LogP contribution in [0.2, 0.25) is 0 Å². The van der Waals surface area contributed by atoms with Crippen molar-refractivity contribution in [1.29, 1.82) is 0 Å². The van der Waals surface area contributed by atoms with Crippen LogP contribution in [0.15, 0.2) is 30.5 Å². The molecule has 3 N–H and O–H groups in total. The molecule has 0 aliphatic rings. The first-order valence-corrected chi connectivity index (χ1v) is 7.48. The highest BCUT2D eigenvalue weighted by Crippen LogP contribution is 2.17. The third-order valence-corrected chi connectivity index (χ3v) is 3.84. The van der Waals surface area contributed by atoms with Gasteiger partial charge in [-0.2, -0.15) is 11.8 Å². The Labute approximate surface area is 116 Å². The molecule has 0 saturated heterocycles. The maximum absolute atomic E-state index is 12.2. The third-order valence-electron chi connectivity index (χ3n) is 2.92. The van der Waals surface area contributed by atoms with E-state index < -0.39 is 5.60 Å². The summed E-state index contributed by atoms with van der Waals surface area (Å²) in [5, 5.41) is 13.7. The summed E-state index contributed by atoms with van der Waals surface area (Å²) in [7, 11) is 0. The number of amides is 1. The van der Waals surface area contributed by atoms with Crippen molar-refractivity contribution in [2.75, 3.05) is 18.6 Å². The predicted octanol–water partition coefficient (Wildman–Crippen LogP) is 2.01. The van der Waals surface area contributed by atoms with Crippen LogP contribution in [0.1, 0.15) is 17.3 Å². The van der Waals surface area contributed by atoms with E-state index in [4.69, 9.17) is 0 Å². The Kier molecular flexibility index (Phi) is 4.17. The van der Waals surface area contributed by atoms with E-state index in [1.165, 1.54) is 0 Å². The second-order valence-electron chi connectivity index (χ2n) is 4.86. The van der Waals surface area contributed by atoms with E-state index in [2.05, 4.69) is 10.3 Å². The zero-order chi connectivity index (χ0) is 13.9. The number of nitrogens with one attached hydrogen (secondary N) is 2. The van der Waals surface area contributed by atoms with E-state index in [1.54, 1.807) is 24.8 Å².